The Kier molecular flexibility index (Phi) is 6.30. The van der Waals surface area contributed by atoms with Crippen LogP contribution in [0.25, 0.3) is 0 Å². The van der Waals surface area contributed by atoms with Crippen molar-refractivity contribution in [1.82, 2.24) is 9.80 Å². The van der Waals surface area contributed by atoms with Gasteiger partial charge in [0.15, 0.2) is 0 Å². The third kappa shape index (κ3) is 4.38. The number of carbonyl (C=O) groups excluding carboxylic acids is 2. The number of halogens is 1. The lowest BCUT2D eigenvalue weighted by Crippen LogP contribution is -2.53. The summed E-state index contributed by atoms with van der Waals surface area (Å²) in [4.78, 5) is 29.8. The highest BCUT2D eigenvalue weighted by molar-refractivity contribution is 9.10. The molecule has 2 amide bonds. The number of hydrogen-bond acceptors (Lipinski definition) is 3. The lowest BCUT2D eigenvalue weighted by molar-refractivity contribution is -0.134. The molecule has 2 fully saturated rings. The van der Waals surface area contributed by atoms with Crippen molar-refractivity contribution in [2.75, 3.05) is 25.4 Å². The monoisotopic (exact) mass is 472 g/mol. The van der Waals surface area contributed by atoms with E-state index in [9.17, 15) is 9.59 Å². The maximum absolute atomic E-state index is 13.0. The molecule has 2 heterocycles. The van der Waals surface area contributed by atoms with Crippen molar-refractivity contribution in [3.63, 3.8) is 0 Å². The van der Waals surface area contributed by atoms with Gasteiger partial charge >= 0.3 is 0 Å². The average Bonchev–Trinajstić information content (AvgIpc) is 3.16. The van der Waals surface area contributed by atoms with Crippen molar-refractivity contribution < 1.29 is 9.59 Å². The SMILES string of the molecule is O=C(c1ccccc1Br)N1CCC2(CC1)SCCN2C(=O)CCc1ccccc1. The Hall–Kier alpha value is -1.79. The van der Waals surface area contributed by atoms with E-state index < -0.39 is 0 Å². The topological polar surface area (TPSA) is 40.6 Å². The first-order valence-corrected chi connectivity index (χ1v) is 11.9. The summed E-state index contributed by atoms with van der Waals surface area (Å²) in [5.41, 5.74) is 1.91. The molecule has 6 heteroatoms. The van der Waals surface area contributed by atoms with Crippen molar-refractivity contribution in [1.29, 1.82) is 0 Å². The molecule has 0 saturated carbocycles. The second-order valence-corrected chi connectivity index (χ2v) is 9.91. The van der Waals surface area contributed by atoms with Crippen molar-refractivity contribution in [2.45, 2.75) is 30.6 Å². The zero-order chi connectivity index (χ0) is 20.3. The quantitative estimate of drug-likeness (QED) is 0.653. The molecular weight excluding hydrogens is 448 g/mol. The minimum Gasteiger partial charge on any atom is -0.338 e. The van der Waals surface area contributed by atoms with E-state index in [1.807, 2.05) is 59.1 Å². The number of amides is 2. The van der Waals surface area contributed by atoms with Crippen LogP contribution in [0.3, 0.4) is 0 Å². The second kappa shape index (κ2) is 8.92. The summed E-state index contributed by atoms with van der Waals surface area (Å²) >= 11 is 5.38. The standard InChI is InChI=1S/C23H25BrN2O2S/c24-20-9-5-4-8-19(20)22(28)25-14-12-23(13-15-25)26(16-17-29-23)21(27)11-10-18-6-2-1-3-7-18/h1-9H,10-17H2. The first-order chi connectivity index (χ1) is 14.1. The van der Waals surface area contributed by atoms with Crippen LogP contribution in [0.15, 0.2) is 59.1 Å². The highest BCUT2D eigenvalue weighted by atomic mass is 79.9. The number of rotatable bonds is 4. The normalized spacial score (nSPS) is 18.2. The number of thioether (sulfide) groups is 1. The van der Waals surface area contributed by atoms with Crippen LogP contribution in [0.1, 0.15) is 35.2 Å². The average molecular weight is 473 g/mol. The zero-order valence-corrected chi connectivity index (χ0v) is 18.8. The van der Waals surface area contributed by atoms with Crippen LogP contribution in [-0.2, 0) is 11.2 Å². The van der Waals surface area contributed by atoms with Gasteiger partial charge in [-0.05, 0) is 52.9 Å². The number of carbonyl (C=O) groups is 2. The molecule has 0 bridgehead atoms. The van der Waals surface area contributed by atoms with Crippen LogP contribution in [0.2, 0.25) is 0 Å². The maximum atomic E-state index is 13.0. The Balaban J connectivity index is 1.38. The van der Waals surface area contributed by atoms with Gasteiger partial charge in [0.2, 0.25) is 5.91 Å². The van der Waals surface area contributed by atoms with Gasteiger partial charge in [-0.3, -0.25) is 9.59 Å². The summed E-state index contributed by atoms with van der Waals surface area (Å²) in [6.45, 7) is 2.20. The third-order valence-electron chi connectivity index (χ3n) is 5.89. The van der Waals surface area contributed by atoms with Gasteiger partial charge in [0.1, 0.15) is 0 Å². The minimum absolute atomic E-state index is 0.0669. The zero-order valence-electron chi connectivity index (χ0n) is 16.4. The summed E-state index contributed by atoms with van der Waals surface area (Å²) in [7, 11) is 0. The fraction of sp³-hybridized carbons (Fsp3) is 0.391. The van der Waals surface area contributed by atoms with E-state index in [1.165, 1.54) is 5.56 Å². The summed E-state index contributed by atoms with van der Waals surface area (Å²) in [5.74, 6) is 1.29. The summed E-state index contributed by atoms with van der Waals surface area (Å²) < 4.78 is 0.832. The summed E-state index contributed by atoms with van der Waals surface area (Å²) in [6.07, 6.45) is 3.01. The van der Waals surface area contributed by atoms with E-state index in [2.05, 4.69) is 33.0 Å². The Labute approximate surface area is 184 Å². The molecule has 152 valence electrons. The van der Waals surface area contributed by atoms with Gasteiger partial charge in [0.05, 0.1) is 10.4 Å². The minimum atomic E-state index is -0.140. The van der Waals surface area contributed by atoms with Gasteiger partial charge in [-0.2, -0.15) is 0 Å². The Bertz CT molecular complexity index is 881. The van der Waals surface area contributed by atoms with E-state index in [0.717, 1.165) is 36.0 Å². The predicted octanol–water partition coefficient (Wildman–Crippen LogP) is 4.59. The number of likely N-dealkylation sites (tertiary alicyclic amines) is 1. The molecule has 4 rings (SSSR count). The summed E-state index contributed by atoms with van der Waals surface area (Å²) in [5, 5.41) is 0. The number of hydrogen-bond donors (Lipinski definition) is 0. The summed E-state index contributed by atoms with van der Waals surface area (Å²) in [6, 6.07) is 17.8. The molecule has 4 nitrogen and oxygen atoms in total. The number of aryl methyl sites for hydroxylation is 1. The van der Waals surface area contributed by atoms with Gasteiger partial charge in [-0.15, -0.1) is 11.8 Å². The highest BCUT2D eigenvalue weighted by Crippen LogP contribution is 2.44. The fourth-order valence-corrected chi connectivity index (χ4v) is 6.20. The van der Waals surface area contributed by atoms with Crippen LogP contribution in [0, 0.1) is 0 Å². The third-order valence-corrected chi connectivity index (χ3v) is 8.13. The maximum Gasteiger partial charge on any atom is 0.255 e. The second-order valence-electron chi connectivity index (χ2n) is 7.60. The molecule has 1 spiro atoms. The van der Waals surface area contributed by atoms with Crippen molar-refractivity contribution in [2.24, 2.45) is 0 Å². The van der Waals surface area contributed by atoms with E-state index in [0.29, 0.717) is 25.1 Å². The van der Waals surface area contributed by atoms with Gasteiger partial charge in [-0.1, -0.05) is 42.5 Å². The molecule has 2 aromatic carbocycles. The molecule has 29 heavy (non-hydrogen) atoms. The Morgan fingerprint density at radius 3 is 2.38 bits per heavy atom. The van der Waals surface area contributed by atoms with E-state index >= 15 is 0 Å². The van der Waals surface area contributed by atoms with Gasteiger partial charge in [0, 0.05) is 36.3 Å². The van der Waals surface area contributed by atoms with Crippen LogP contribution in [0.5, 0.6) is 0 Å². The van der Waals surface area contributed by atoms with Crippen molar-refractivity contribution in [3.8, 4) is 0 Å². The van der Waals surface area contributed by atoms with E-state index in [4.69, 9.17) is 0 Å². The first-order valence-electron chi connectivity index (χ1n) is 10.1. The number of benzene rings is 2. The molecule has 0 atom stereocenters. The van der Waals surface area contributed by atoms with Gasteiger partial charge in [-0.25, -0.2) is 0 Å². The molecule has 0 aliphatic carbocycles. The molecule has 2 aromatic rings. The van der Waals surface area contributed by atoms with E-state index in [-0.39, 0.29) is 16.7 Å². The van der Waals surface area contributed by atoms with Gasteiger partial charge in [0.25, 0.3) is 5.91 Å². The first kappa shape index (κ1) is 20.5. The molecule has 2 aliphatic rings. The smallest absolute Gasteiger partial charge is 0.255 e. The largest absolute Gasteiger partial charge is 0.338 e. The van der Waals surface area contributed by atoms with Crippen molar-refractivity contribution in [3.05, 3.63) is 70.2 Å². The molecule has 0 N–H and O–H groups in total. The number of nitrogens with zero attached hydrogens (tertiary/aromatic N) is 2. The van der Waals surface area contributed by atoms with Gasteiger partial charge < -0.3 is 9.80 Å². The lowest BCUT2D eigenvalue weighted by atomic mass is 10.00. The molecule has 2 saturated heterocycles. The fourth-order valence-electron chi connectivity index (χ4n) is 4.27. The molecule has 0 radical (unpaired) electrons. The predicted molar refractivity (Wildman–Crippen MR) is 121 cm³/mol. The molecular formula is C23H25BrN2O2S. The Morgan fingerprint density at radius 1 is 0.966 bits per heavy atom. The Morgan fingerprint density at radius 2 is 1.66 bits per heavy atom. The van der Waals surface area contributed by atoms with Crippen LogP contribution >= 0.6 is 27.7 Å². The number of piperidine rings is 1. The van der Waals surface area contributed by atoms with Crippen molar-refractivity contribution >= 4 is 39.5 Å². The highest BCUT2D eigenvalue weighted by Gasteiger charge is 2.46. The molecule has 0 aromatic heterocycles. The van der Waals surface area contributed by atoms with Crippen LogP contribution in [0.4, 0.5) is 0 Å². The van der Waals surface area contributed by atoms with Crippen LogP contribution < -0.4 is 0 Å². The molecule has 0 unspecified atom stereocenters. The van der Waals surface area contributed by atoms with E-state index in [1.54, 1.807) is 0 Å². The molecule has 2 aliphatic heterocycles. The van der Waals surface area contributed by atoms with Crippen LogP contribution in [-0.4, -0.2) is 51.9 Å². The lowest BCUT2D eigenvalue weighted by Gasteiger charge is -2.44.